The van der Waals surface area contributed by atoms with Gasteiger partial charge in [0.2, 0.25) is 0 Å². The molecule has 0 aromatic heterocycles. The summed E-state index contributed by atoms with van der Waals surface area (Å²) in [6, 6.07) is 10.8. The van der Waals surface area contributed by atoms with Gasteiger partial charge in [-0.1, -0.05) is 35.3 Å². The fraction of sp³-hybridized carbons (Fsp3) is 0.167. The molecule has 2 aromatic rings. The number of hydrogen-bond acceptors (Lipinski definition) is 5. The number of primary amides is 1. The van der Waals surface area contributed by atoms with Gasteiger partial charge >= 0.3 is 5.97 Å². The van der Waals surface area contributed by atoms with E-state index in [0.717, 1.165) is 0 Å². The first-order valence-corrected chi connectivity index (χ1v) is 8.50. The highest BCUT2D eigenvalue weighted by Gasteiger charge is 2.20. The first kappa shape index (κ1) is 20.5. The van der Waals surface area contributed by atoms with Crippen LogP contribution < -0.4 is 15.8 Å². The Hall–Kier alpha value is -2.77. The Kier molecular flexibility index (Phi) is 7.04. The average molecular weight is 411 g/mol. The number of ether oxygens (including phenoxy) is 2. The maximum Gasteiger partial charge on any atom is 0.344 e. The van der Waals surface area contributed by atoms with Crippen molar-refractivity contribution in [1.82, 2.24) is 0 Å². The number of nitrogens with two attached hydrogens (primary N) is 1. The van der Waals surface area contributed by atoms with Crippen molar-refractivity contribution in [1.29, 1.82) is 0 Å². The number of para-hydroxylation sites is 1. The second-order valence-corrected chi connectivity index (χ2v) is 6.24. The molecule has 1 atom stereocenters. The van der Waals surface area contributed by atoms with E-state index in [1.54, 1.807) is 18.2 Å². The summed E-state index contributed by atoms with van der Waals surface area (Å²) in [5.74, 6) is -1.91. The highest BCUT2D eigenvalue weighted by molar-refractivity contribution is 6.36. The predicted octanol–water partition coefficient (Wildman–Crippen LogP) is 3.04. The fourth-order valence-corrected chi connectivity index (χ4v) is 2.50. The van der Waals surface area contributed by atoms with Crippen molar-refractivity contribution in [3.63, 3.8) is 0 Å². The molecule has 142 valence electrons. The van der Waals surface area contributed by atoms with E-state index < -0.39 is 30.5 Å². The van der Waals surface area contributed by atoms with Gasteiger partial charge in [-0.25, -0.2) is 4.79 Å². The van der Waals surface area contributed by atoms with Gasteiger partial charge in [-0.05, 0) is 37.3 Å². The summed E-state index contributed by atoms with van der Waals surface area (Å²) in [4.78, 5) is 35.3. The number of carbonyl (C=O) groups is 3. The lowest BCUT2D eigenvalue weighted by molar-refractivity contribution is -0.155. The van der Waals surface area contributed by atoms with Gasteiger partial charge in [-0.2, -0.15) is 0 Å². The Morgan fingerprint density at radius 1 is 1.15 bits per heavy atom. The number of rotatable bonds is 7. The standard InChI is InChI=1S/C18H16Cl2N2O5/c1-10(18(25)22-14-7-6-11(19)8-13(14)20)27-16(23)9-26-15-5-3-2-4-12(15)17(21)24/h2-8,10H,9H2,1H3,(H2,21,24)(H,22,25)/t10-/m0/s1. The molecule has 0 saturated heterocycles. The van der Waals surface area contributed by atoms with E-state index in [1.165, 1.54) is 31.2 Å². The topological polar surface area (TPSA) is 108 Å². The van der Waals surface area contributed by atoms with Gasteiger partial charge in [0, 0.05) is 5.02 Å². The van der Waals surface area contributed by atoms with Gasteiger partial charge in [-0.15, -0.1) is 0 Å². The molecule has 0 bridgehead atoms. The quantitative estimate of drug-likeness (QED) is 0.681. The number of nitrogens with one attached hydrogen (secondary N) is 1. The Morgan fingerprint density at radius 2 is 1.85 bits per heavy atom. The predicted molar refractivity (Wildman–Crippen MR) is 101 cm³/mol. The van der Waals surface area contributed by atoms with Crippen LogP contribution in [0.2, 0.25) is 10.0 Å². The van der Waals surface area contributed by atoms with Gasteiger partial charge in [0.1, 0.15) is 5.75 Å². The van der Waals surface area contributed by atoms with Crippen LogP contribution in [0.3, 0.4) is 0 Å². The van der Waals surface area contributed by atoms with E-state index in [0.29, 0.717) is 10.7 Å². The highest BCUT2D eigenvalue weighted by Crippen LogP contribution is 2.25. The van der Waals surface area contributed by atoms with Gasteiger partial charge < -0.3 is 20.5 Å². The summed E-state index contributed by atoms with van der Waals surface area (Å²) < 4.78 is 10.3. The van der Waals surface area contributed by atoms with Crippen LogP contribution in [0.25, 0.3) is 0 Å². The van der Waals surface area contributed by atoms with Crippen LogP contribution in [-0.2, 0) is 14.3 Å². The van der Waals surface area contributed by atoms with Crippen LogP contribution in [-0.4, -0.2) is 30.5 Å². The van der Waals surface area contributed by atoms with Gasteiger partial charge in [0.25, 0.3) is 11.8 Å². The molecule has 3 N–H and O–H groups in total. The number of carbonyl (C=O) groups excluding carboxylic acids is 3. The Bertz CT molecular complexity index is 873. The van der Waals surface area contributed by atoms with Crippen molar-refractivity contribution in [2.45, 2.75) is 13.0 Å². The number of halogens is 2. The molecule has 2 aromatic carbocycles. The minimum atomic E-state index is -1.10. The Labute approximate surface area is 165 Å². The van der Waals surface area contributed by atoms with Crippen LogP contribution in [0.4, 0.5) is 5.69 Å². The Balaban J connectivity index is 1.89. The molecule has 0 unspecified atom stereocenters. The van der Waals surface area contributed by atoms with Crippen molar-refractivity contribution >= 4 is 46.7 Å². The van der Waals surface area contributed by atoms with E-state index in [4.69, 9.17) is 38.4 Å². The summed E-state index contributed by atoms with van der Waals surface area (Å²) >= 11 is 11.8. The summed E-state index contributed by atoms with van der Waals surface area (Å²) in [7, 11) is 0. The number of esters is 1. The molecule has 0 aliphatic rings. The molecule has 0 aliphatic carbocycles. The zero-order chi connectivity index (χ0) is 20.0. The first-order chi connectivity index (χ1) is 12.8. The molecule has 27 heavy (non-hydrogen) atoms. The molecule has 9 heteroatoms. The maximum absolute atomic E-state index is 12.1. The molecular formula is C18H16Cl2N2O5. The van der Waals surface area contributed by atoms with E-state index in [1.807, 2.05) is 0 Å². The minimum Gasteiger partial charge on any atom is -0.481 e. The molecule has 2 rings (SSSR count). The third-order valence-corrected chi connectivity index (χ3v) is 3.91. The lowest BCUT2D eigenvalue weighted by Gasteiger charge is -2.15. The van der Waals surface area contributed by atoms with Crippen molar-refractivity contribution in [2.75, 3.05) is 11.9 Å². The average Bonchev–Trinajstić information content (AvgIpc) is 2.62. The molecule has 0 saturated carbocycles. The largest absolute Gasteiger partial charge is 0.481 e. The van der Waals surface area contributed by atoms with E-state index in [2.05, 4.69) is 5.32 Å². The second kappa shape index (κ2) is 9.25. The van der Waals surface area contributed by atoms with E-state index >= 15 is 0 Å². The molecule has 0 fully saturated rings. The second-order valence-electron chi connectivity index (χ2n) is 5.39. The zero-order valence-electron chi connectivity index (χ0n) is 14.2. The number of benzene rings is 2. The number of anilines is 1. The van der Waals surface area contributed by atoms with Crippen LogP contribution in [0.5, 0.6) is 5.75 Å². The van der Waals surface area contributed by atoms with Crippen LogP contribution in [0.1, 0.15) is 17.3 Å². The molecule has 0 aliphatic heterocycles. The van der Waals surface area contributed by atoms with Crippen LogP contribution in [0, 0.1) is 0 Å². The van der Waals surface area contributed by atoms with Crippen molar-refractivity contribution in [3.05, 3.63) is 58.1 Å². The Morgan fingerprint density at radius 3 is 2.52 bits per heavy atom. The molecule has 2 amide bonds. The van der Waals surface area contributed by atoms with Crippen LogP contribution in [0.15, 0.2) is 42.5 Å². The third-order valence-electron chi connectivity index (χ3n) is 3.36. The summed E-state index contributed by atoms with van der Waals surface area (Å²) in [5, 5.41) is 3.20. The third kappa shape index (κ3) is 5.87. The lowest BCUT2D eigenvalue weighted by atomic mass is 10.2. The van der Waals surface area contributed by atoms with Crippen LogP contribution >= 0.6 is 23.2 Å². The van der Waals surface area contributed by atoms with Crippen molar-refractivity contribution < 1.29 is 23.9 Å². The fourth-order valence-electron chi connectivity index (χ4n) is 2.04. The number of amides is 2. The van der Waals surface area contributed by atoms with Gasteiger partial charge in [0.05, 0.1) is 16.3 Å². The normalized spacial score (nSPS) is 11.4. The minimum absolute atomic E-state index is 0.133. The monoisotopic (exact) mass is 410 g/mol. The van der Waals surface area contributed by atoms with Crippen molar-refractivity contribution in [2.24, 2.45) is 5.73 Å². The highest BCUT2D eigenvalue weighted by atomic mass is 35.5. The smallest absolute Gasteiger partial charge is 0.344 e. The summed E-state index contributed by atoms with van der Waals surface area (Å²) in [6.45, 7) is 0.901. The van der Waals surface area contributed by atoms with E-state index in [9.17, 15) is 14.4 Å². The zero-order valence-corrected chi connectivity index (χ0v) is 15.7. The van der Waals surface area contributed by atoms with Crippen molar-refractivity contribution in [3.8, 4) is 5.75 Å². The molecule has 7 nitrogen and oxygen atoms in total. The SMILES string of the molecule is C[C@H](OC(=O)COc1ccccc1C(N)=O)C(=O)Nc1ccc(Cl)cc1Cl. The van der Waals surface area contributed by atoms with Gasteiger partial charge in [-0.3, -0.25) is 9.59 Å². The van der Waals surface area contributed by atoms with E-state index in [-0.39, 0.29) is 16.3 Å². The summed E-state index contributed by atoms with van der Waals surface area (Å²) in [5.41, 5.74) is 5.70. The summed E-state index contributed by atoms with van der Waals surface area (Å²) in [6.07, 6.45) is -1.10. The maximum atomic E-state index is 12.1. The number of hydrogen-bond donors (Lipinski definition) is 2. The van der Waals surface area contributed by atoms with Gasteiger partial charge in [0.15, 0.2) is 12.7 Å². The molecule has 0 radical (unpaired) electrons. The first-order valence-electron chi connectivity index (χ1n) is 7.75. The molecule has 0 spiro atoms. The lowest BCUT2D eigenvalue weighted by Crippen LogP contribution is -2.31. The molecule has 0 heterocycles. The molecular weight excluding hydrogens is 395 g/mol.